The monoisotopic (exact) mass is 179 g/mol. The van der Waals surface area contributed by atoms with Crippen molar-refractivity contribution in [2.24, 2.45) is 0 Å². The van der Waals surface area contributed by atoms with Crippen LogP contribution in [0.25, 0.3) is 0 Å². The van der Waals surface area contributed by atoms with Gasteiger partial charge >= 0.3 is 0 Å². The molecule has 0 saturated heterocycles. The Balaban J connectivity index is 3.36. The third kappa shape index (κ3) is 1.54. The summed E-state index contributed by atoms with van der Waals surface area (Å²) in [6.45, 7) is 13.5. The normalized spacial score (nSPS) is 11.3. The Morgan fingerprint density at radius 3 is 2.00 bits per heavy atom. The van der Waals surface area contributed by atoms with E-state index in [2.05, 4.69) is 50.2 Å². The fraction of sp³-hybridized carbons (Fsp3) is 0.667. The number of rotatable bonds is 2. The van der Waals surface area contributed by atoms with Crippen molar-refractivity contribution in [2.45, 2.75) is 41.2 Å². The maximum Gasteiger partial charge on any atom is 0.172 e. The molecule has 4 heteroatoms. The molecule has 0 saturated carbocycles. The first-order valence-corrected chi connectivity index (χ1v) is 5.82. The van der Waals surface area contributed by atoms with Gasteiger partial charge in [0.1, 0.15) is 0 Å². The molecule has 1 heterocycles. The lowest BCUT2D eigenvalue weighted by Gasteiger charge is -2.13. The summed E-state index contributed by atoms with van der Waals surface area (Å²) in [4.78, 5) is 0. The zero-order valence-electron chi connectivity index (χ0n) is 10.1. The first kappa shape index (κ1) is 10.4. The van der Waals surface area contributed by atoms with E-state index in [4.69, 9.17) is 0 Å². The van der Waals surface area contributed by atoms with E-state index in [9.17, 15) is 0 Å². The van der Waals surface area contributed by atoms with E-state index in [1.54, 1.807) is 0 Å². The zero-order chi connectivity index (χ0) is 10.2. The Bertz CT molecular complexity index is 316. The second kappa shape index (κ2) is 3.60. The quantitative estimate of drug-likeness (QED) is 0.585. The van der Waals surface area contributed by atoms with Crippen molar-refractivity contribution in [1.29, 1.82) is 0 Å². The molecule has 0 aliphatic carbocycles. The van der Waals surface area contributed by atoms with Crippen LogP contribution in [-0.4, -0.2) is 18.7 Å². The highest BCUT2D eigenvalue weighted by atomic mass is 15.1. The Kier molecular flexibility index (Phi) is 2.89. The zero-order valence-corrected chi connectivity index (χ0v) is 10.1. The first-order chi connectivity index (χ1) is 6.00. The van der Waals surface area contributed by atoms with Gasteiger partial charge in [-0.1, -0.05) is 0 Å². The Labute approximate surface area is 82.3 Å². The fourth-order valence-corrected chi connectivity index (χ4v) is 2.70. The molecule has 0 aliphatic heterocycles. The Hall–Kier alpha value is -0.660. The molecule has 1 aromatic heterocycles. The maximum absolute atomic E-state index is 2.52. The van der Waals surface area contributed by atoms with Gasteiger partial charge in [0.15, 0.2) is 20.1 Å². The van der Waals surface area contributed by atoms with Gasteiger partial charge in [0.05, 0.1) is 11.4 Å². The van der Waals surface area contributed by atoms with Crippen molar-refractivity contribution in [3.8, 4) is 0 Å². The van der Waals surface area contributed by atoms with Crippen LogP contribution < -0.4 is 4.48 Å². The minimum atomic E-state index is -0.195. The summed E-state index contributed by atoms with van der Waals surface area (Å²) in [6, 6.07) is 0. The summed E-state index contributed by atoms with van der Waals surface area (Å²) in [7, 11) is 0.0271. The highest BCUT2D eigenvalue weighted by Crippen LogP contribution is 2.07. The maximum atomic E-state index is 2.52. The molecule has 0 aromatic carbocycles. The van der Waals surface area contributed by atoms with Gasteiger partial charge < -0.3 is 8.96 Å². The van der Waals surface area contributed by atoms with Crippen LogP contribution in [0.2, 0.25) is 20.5 Å². The van der Waals surface area contributed by atoms with Crippen LogP contribution in [0.1, 0.15) is 17.2 Å². The number of aromatic nitrogens is 2. The lowest BCUT2D eigenvalue weighted by atomic mass is 9.67. The van der Waals surface area contributed by atoms with E-state index in [-0.39, 0.29) is 14.3 Å². The van der Waals surface area contributed by atoms with Crippen LogP contribution >= 0.6 is 0 Å². The molecule has 0 atom stereocenters. The fourth-order valence-electron chi connectivity index (χ4n) is 2.70. The summed E-state index contributed by atoms with van der Waals surface area (Å²) in [5.74, 6) is 1.46. The van der Waals surface area contributed by atoms with E-state index in [0.29, 0.717) is 0 Å². The van der Waals surface area contributed by atoms with Crippen LogP contribution in [0, 0.1) is 20.8 Å². The molecule has 0 fully saturated rings. The van der Waals surface area contributed by atoms with Gasteiger partial charge in [0.2, 0.25) is 0 Å². The standard InChI is InChI=1S/C9H21B2N2/c1-7-8(2)13(11(5)6)9(3)12(7)10-4/h11H,10H2,1-6H3/q-1. The molecule has 0 spiro atoms. The second-order valence-corrected chi connectivity index (χ2v) is 4.49. The largest absolute Gasteiger partial charge is 0.440 e. The van der Waals surface area contributed by atoms with E-state index in [1.807, 2.05) is 0 Å². The number of hydrogen-bond donors (Lipinski definition) is 0. The van der Waals surface area contributed by atoms with Crippen molar-refractivity contribution in [3.63, 3.8) is 0 Å². The molecule has 13 heavy (non-hydrogen) atoms. The van der Waals surface area contributed by atoms with Crippen molar-refractivity contribution < 1.29 is 4.48 Å². The third-order valence-electron chi connectivity index (χ3n) is 3.39. The van der Waals surface area contributed by atoms with Gasteiger partial charge in [-0.3, -0.25) is 0 Å². The van der Waals surface area contributed by atoms with E-state index in [0.717, 1.165) is 0 Å². The SMILES string of the molecule is C[BH2-][n+]1c(C)c(C)n([BH-](C)C)c1C. The lowest BCUT2D eigenvalue weighted by Crippen LogP contribution is -2.43. The Morgan fingerprint density at radius 2 is 1.77 bits per heavy atom. The van der Waals surface area contributed by atoms with Crippen LogP contribution in [0.5, 0.6) is 0 Å². The summed E-state index contributed by atoms with van der Waals surface area (Å²) in [5.41, 5.74) is 2.94. The van der Waals surface area contributed by atoms with Crippen LogP contribution in [-0.2, 0) is 0 Å². The molecule has 0 unspecified atom stereocenters. The van der Waals surface area contributed by atoms with Crippen molar-refractivity contribution >= 4 is 14.3 Å². The highest BCUT2D eigenvalue weighted by Gasteiger charge is 2.14. The van der Waals surface area contributed by atoms with Gasteiger partial charge in [0, 0.05) is 6.92 Å². The lowest BCUT2D eigenvalue weighted by molar-refractivity contribution is -0.543. The summed E-state index contributed by atoms with van der Waals surface area (Å²) >= 11 is 0. The smallest absolute Gasteiger partial charge is 0.172 e. The van der Waals surface area contributed by atoms with Crippen molar-refractivity contribution in [1.82, 2.24) is 4.48 Å². The molecule has 2 nitrogen and oxygen atoms in total. The van der Waals surface area contributed by atoms with E-state index < -0.39 is 0 Å². The summed E-state index contributed by atoms with van der Waals surface area (Å²) < 4.78 is 5.03. The first-order valence-electron chi connectivity index (χ1n) is 5.82. The van der Waals surface area contributed by atoms with Crippen LogP contribution in [0.3, 0.4) is 0 Å². The predicted octanol–water partition coefficient (Wildman–Crippen LogP) is 0.512. The molecular formula is C9H21B2N2-. The molecule has 1 aromatic rings. The van der Waals surface area contributed by atoms with E-state index in [1.165, 1.54) is 17.2 Å². The molecule has 0 N–H and O–H groups in total. The second-order valence-electron chi connectivity index (χ2n) is 4.49. The number of hydrogen-bond acceptors (Lipinski definition) is 0. The average Bonchev–Trinajstić information content (AvgIpc) is 2.24. The van der Waals surface area contributed by atoms with Gasteiger partial charge in [-0.25, -0.2) is 0 Å². The van der Waals surface area contributed by atoms with Gasteiger partial charge in [-0.2, -0.15) is 20.5 Å². The molecular weight excluding hydrogens is 158 g/mol. The minimum absolute atomic E-state index is 0.0271. The molecule has 0 amide bonds. The van der Waals surface area contributed by atoms with Gasteiger partial charge in [0.25, 0.3) is 0 Å². The minimum Gasteiger partial charge on any atom is -0.440 e. The van der Waals surface area contributed by atoms with Crippen molar-refractivity contribution in [3.05, 3.63) is 17.2 Å². The van der Waals surface area contributed by atoms with Gasteiger partial charge in [-0.05, 0) is 13.8 Å². The molecule has 0 aliphatic rings. The molecule has 1 rings (SSSR count). The Morgan fingerprint density at radius 1 is 1.23 bits per heavy atom. The van der Waals surface area contributed by atoms with Crippen molar-refractivity contribution in [2.75, 3.05) is 0 Å². The highest BCUT2D eigenvalue weighted by molar-refractivity contribution is 6.54. The predicted molar refractivity (Wildman–Crippen MR) is 62.9 cm³/mol. The molecule has 0 bridgehead atoms. The molecule has 0 radical (unpaired) electrons. The topological polar surface area (TPSA) is 8.81 Å². The average molecular weight is 179 g/mol. The van der Waals surface area contributed by atoms with Crippen LogP contribution in [0.15, 0.2) is 0 Å². The van der Waals surface area contributed by atoms with E-state index >= 15 is 0 Å². The third-order valence-corrected chi connectivity index (χ3v) is 3.39. The number of nitrogens with zero attached hydrogens (tertiary/aromatic N) is 2. The van der Waals surface area contributed by atoms with Gasteiger partial charge in [-0.15, -0.1) is 0 Å². The number of imidazole rings is 1. The molecule has 74 valence electrons. The summed E-state index contributed by atoms with van der Waals surface area (Å²) in [5, 5.41) is 0. The summed E-state index contributed by atoms with van der Waals surface area (Å²) in [6.07, 6.45) is 0. The van der Waals surface area contributed by atoms with Crippen LogP contribution in [0.4, 0.5) is 0 Å².